The normalized spacial score (nSPS) is 10.8. The lowest BCUT2D eigenvalue weighted by Gasteiger charge is -2.05. The molecule has 3 heteroatoms. The van der Waals surface area contributed by atoms with Crippen LogP contribution in [0.1, 0.15) is 11.1 Å². The van der Waals surface area contributed by atoms with Crippen LogP contribution in [-0.2, 0) is 6.67 Å². The van der Waals surface area contributed by atoms with Crippen molar-refractivity contribution >= 4 is 17.1 Å². The molecule has 0 bridgehead atoms. The maximum absolute atomic E-state index is 13.1. The van der Waals surface area contributed by atoms with Gasteiger partial charge in [0.25, 0.3) is 0 Å². The van der Waals surface area contributed by atoms with Gasteiger partial charge in [0.1, 0.15) is 12.3 Å². The SMILES string of the molecule is C=Cc1cnc2[nH]cc(-c3ccccc3CF)c2c1. The summed E-state index contributed by atoms with van der Waals surface area (Å²) in [6, 6.07) is 9.51. The summed E-state index contributed by atoms with van der Waals surface area (Å²) < 4.78 is 13.1. The van der Waals surface area contributed by atoms with Crippen LogP contribution in [0.3, 0.4) is 0 Å². The van der Waals surface area contributed by atoms with Gasteiger partial charge in [-0.05, 0) is 22.8 Å². The van der Waals surface area contributed by atoms with Crippen molar-refractivity contribution in [3.05, 3.63) is 60.4 Å². The molecule has 0 aliphatic heterocycles. The number of aromatic nitrogens is 2. The van der Waals surface area contributed by atoms with E-state index in [0.717, 1.165) is 27.7 Å². The molecule has 0 saturated heterocycles. The van der Waals surface area contributed by atoms with Gasteiger partial charge in [0.15, 0.2) is 0 Å². The van der Waals surface area contributed by atoms with Crippen LogP contribution in [0.2, 0.25) is 0 Å². The molecule has 0 amide bonds. The van der Waals surface area contributed by atoms with E-state index in [9.17, 15) is 4.39 Å². The fraction of sp³-hybridized carbons (Fsp3) is 0.0625. The third-order valence-corrected chi connectivity index (χ3v) is 3.24. The number of halogens is 1. The first-order valence-electron chi connectivity index (χ1n) is 6.07. The number of fused-ring (bicyclic) bond motifs is 1. The van der Waals surface area contributed by atoms with Crippen molar-refractivity contribution < 1.29 is 4.39 Å². The van der Waals surface area contributed by atoms with Gasteiger partial charge in [0.05, 0.1) is 0 Å². The number of benzene rings is 1. The van der Waals surface area contributed by atoms with Gasteiger partial charge < -0.3 is 4.98 Å². The van der Waals surface area contributed by atoms with Crippen molar-refractivity contribution in [3.8, 4) is 11.1 Å². The molecule has 0 radical (unpaired) electrons. The topological polar surface area (TPSA) is 28.7 Å². The van der Waals surface area contributed by atoms with Crippen molar-refractivity contribution in [3.63, 3.8) is 0 Å². The quantitative estimate of drug-likeness (QED) is 0.738. The predicted molar refractivity (Wildman–Crippen MR) is 76.4 cm³/mol. The van der Waals surface area contributed by atoms with E-state index in [1.54, 1.807) is 18.3 Å². The molecule has 3 aromatic rings. The van der Waals surface area contributed by atoms with Gasteiger partial charge in [0.2, 0.25) is 0 Å². The molecule has 2 heterocycles. The van der Waals surface area contributed by atoms with Crippen LogP contribution in [0, 0.1) is 0 Å². The fourth-order valence-corrected chi connectivity index (χ4v) is 2.25. The largest absolute Gasteiger partial charge is 0.346 e. The Bertz CT molecular complexity index is 743. The molecule has 0 aliphatic rings. The molecular formula is C16H13FN2. The number of rotatable bonds is 3. The number of nitrogens with zero attached hydrogens (tertiary/aromatic N) is 1. The Morgan fingerprint density at radius 2 is 2.11 bits per heavy atom. The van der Waals surface area contributed by atoms with Gasteiger partial charge in [-0.25, -0.2) is 9.37 Å². The summed E-state index contributed by atoms with van der Waals surface area (Å²) in [6.07, 6.45) is 5.39. The van der Waals surface area contributed by atoms with Crippen LogP contribution in [0.25, 0.3) is 28.2 Å². The van der Waals surface area contributed by atoms with Crippen molar-refractivity contribution in [2.75, 3.05) is 0 Å². The van der Waals surface area contributed by atoms with Crippen molar-refractivity contribution in [2.45, 2.75) is 6.67 Å². The standard InChI is InChI=1S/C16H13FN2/c1-2-11-7-14-15(10-19-16(14)18-9-11)13-6-4-3-5-12(13)8-17/h2-7,9-10H,1,8H2,(H,18,19). The third kappa shape index (κ3) is 1.93. The summed E-state index contributed by atoms with van der Waals surface area (Å²) in [6.45, 7) is 3.27. The van der Waals surface area contributed by atoms with Crippen molar-refractivity contribution in [2.24, 2.45) is 0 Å². The second-order valence-corrected chi connectivity index (χ2v) is 4.36. The van der Waals surface area contributed by atoms with Crippen LogP contribution < -0.4 is 0 Å². The van der Waals surface area contributed by atoms with Crippen molar-refractivity contribution in [1.82, 2.24) is 9.97 Å². The average Bonchev–Trinajstić information content (AvgIpc) is 2.89. The van der Waals surface area contributed by atoms with E-state index in [-0.39, 0.29) is 0 Å². The van der Waals surface area contributed by atoms with Gasteiger partial charge in [-0.3, -0.25) is 0 Å². The summed E-state index contributed by atoms with van der Waals surface area (Å²) in [5, 5.41) is 0.985. The smallest absolute Gasteiger partial charge is 0.137 e. The minimum Gasteiger partial charge on any atom is -0.346 e. The van der Waals surface area contributed by atoms with Crippen molar-refractivity contribution in [1.29, 1.82) is 0 Å². The number of H-pyrrole nitrogens is 1. The number of nitrogens with one attached hydrogen (secondary N) is 1. The molecule has 0 aliphatic carbocycles. The highest BCUT2D eigenvalue weighted by Crippen LogP contribution is 2.31. The second-order valence-electron chi connectivity index (χ2n) is 4.36. The number of hydrogen-bond acceptors (Lipinski definition) is 1. The maximum Gasteiger partial charge on any atom is 0.137 e. The zero-order valence-corrected chi connectivity index (χ0v) is 10.4. The summed E-state index contributed by atoms with van der Waals surface area (Å²) in [5.41, 5.74) is 4.31. The van der Waals surface area contributed by atoms with Crippen LogP contribution in [0.15, 0.2) is 49.3 Å². The molecule has 1 N–H and O–H groups in total. The first-order chi connectivity index (χ1) is 9.33. The summed E-state index contributed by atoms with van der Waals surface area (Å²) in [5.74, 6) is 0. The average molecular weight is 252 g/mol. The number of alkyl halides is 1. The Balaban J connectivity index is 2.27. The highest BCUT2D eigenvalue weighted by atomic mass is 19.1. The van der Waals surface area contributed by atoms with E-state index in [4.69, 9.17) is 0 Å². The minimum atomic E-state index is -0.475. The Labute approximate surface area is 110 Å². The maximum atomic E-state index is 13.1. The first kappa shape index (κ1) is 11.7. The molecular weight excluding hydrogens is 239 g/mol. The van der Waals surface area contributed by atoms with Gasteiger partial charge in [0, 0.05) is 23.3 Å². The molecule has 0 fully saturated rings. The highest BCUT2D eigenvalue weighted by molar-refractivity contribution is 5.95. The minimum absolute atomic E-state index is 0.475. The van der Waals surface area contributed by atoms with E-state index in [0.29, 0.717) is 5.56 Å². The van der Waals surface area contributed by atoms with E-state index in [2.05, 4.69) is 16.5 Å². The fourth-order valence-electron chi connectivity index (χ4n) is 2.25. The molecule has 0 atom stereocenters. The summed E-state index contributed by atoms with van der Waals surface area (Å²) >= 11 is 0. The second kappa shape index (κ2) is 4.69. The zero-order chi connectivity index (χ0) is 13.2. The van der Waals surface area contributed by atoms with E-state index in [1.807, 2.05) is 30.5 Å². The molecule has 1 aromatic carbocycles. The molecule has 0 spiro atoms. The first-order valence-corrected chi connectivity index (χ1v) is 6.07. The van der Waals surface area contributed by atoms with Crippen LogP contribution in [0.4, 0.5) is 4.39 Å². The molecule has 19 heavy (non-hydrogen) atoms. The lowest BCUT2D eigenvalue weighted by atomic mass is 10.00. The number of aromatic amines is 1. The van der Waals surface area contributed by atoms with Gasteiger partial charge in [-0.2, -0.15) is 0 Å². The van der Waals surface area contributed by atoms with E-state index >= 15 is 0 Å². The molecule has 2 nitrogen and oxygen atoms in total. The Kier molecular flexibility index (Phi) is 2.88. The third-order valence-electron chi connectivity index (χ3n) is 3.24. The van der Waals surface area contributed by atoms with E-state index < -0.39 is 6.67 Å². The molecule has 0 unspecified atom stereocenters. The Morgan fingerprint density at radius 1 is 1.26 bits per heavy atom. The zero-order valence-electron chi connectivity index (χ0n) is 10.4. The molecule has 94 valence electrons. The van der Waals surface area contributed by atoms with Crippen LogP contribution in [-0.4, -0.2) is 9.97 Å². The molecule has 3 rings (SSSR count). The molecule has 0 saturated carbocycles. The van der Waals surface area contributed by atoms with Crippen LogP contribution >= 0.6 is 0 Å². The van der Waals surface area contributed by atoms with Crippen LogP contribution in [0.5, 0.6) is 0 Å². The lowest BCUT2D eigenvalue weighted by molar-refractivity contribution is 0.486. The van der Waals surface area contributed by atoms with Gasteiger partial charge in [-0.1, -0.05) is 36.9 Å². The molecule has 2 aromatic heterocycles. The monoisotopic (exact) mass is 252 g/mol. The number of hydrogen-bond donors (Lipinski definition) is 1. The predicted octanol–water partition coefficient (Wildman–Crippen LogP) is 4.34. The Morgan fingerprint density at radius 3 is 2.89 bits per heavy atom. The number of pyridine rings is 1. The van der Waals surface area contributed by atoms with Gasteiger partial charge >= 0.3 is 0 Å². The lowest BCUT2D eigenvalue weighted by Crippen LogP contribution is -1.85. The highest BCUT2D eigenvalue weighted by Gasteiger charge is 2.10. The summed E-state index contributed by atoms with van der Waals surface area (Å²) in [7, 11) is 0. The van der Waals surface area contributed by atoms with E-state index in [1.165, 1.54) is 0 Å². The van der Waals surface area contributed by atoms with Gasteiger partial charge in [-0.15, -0.1) is 0 Å². The Hall–Kier alpha value is -2.42. The summed E-state index contributed by atoms with van der Waals surface area (Å²) in [4.78, 5) is 7.45.